The fraction of sp³-hybridized carbons (Fsp3) is 0.529. The number of amides is 1. The molecule has 0 aliphatic heterocycles. The van der Waals surface area contributed by atoms with Crippen molar-refractivity contribution in [2.45, 2.75) is 19.9 Å². The third-order valence-electron chi connectivity index (χ3n) is 4.70. The molecule has 2 rings (SSSR count). The Morgan fingerprint density at radius 3 is 2.48 bits per heavy atom. The monoisotopic (exact) mass is 338 g/mol. The lowest BCUT2D eigenvalue weighted by atomic mass is 10.1. The van der Waals surface area contributed by atoms with E-state index in [-0.39, 0.29) is 11.9 Å². The van der Waals surface area contributed by atoms with Gasteiger partial charge in [0.05, 0.1) is 17.9 Å². The Kier molecular flexibility index (Phi) is 5.01. The highest BCUT2D eigenvalue weighted by Gasteiger charge is 2.65. The number of likely N-dealkylation sites (N-methyl/N-ethyl adjacent to an activating group) is 1. The Balaban J connectivity index is 2.03. The number of carbonyl (C=O) groups is 2. The van der Waals surface area contributed by atoms with Crippen LogP contribution in [0, 0.1) is 17.3 Å². The minimum absolute atomic E-state index is 0.0252. The van der Waals surface area contributed by atoms with E-state index >= 15 is 0 Å². The van der Waals surface area contributed by atoms with Crippen molar-refractivity contribution in [3.05, 3.63) is 34.9 Å². The summed E-state index contributed by atoms with van der Waals surface area (Å²) in [6.07, 6.45) is 0. The number of carboxylic acids is 1. The molecule has 0 aromatic heterocycles. The largest absolute Gasteiger partial charge is 0.481 e. The van der Waals surface area contributed by atoms with Crippen molar-refractivity contribution < 1.29 is 14.7 Å². The summed E-state index contributed by atoms with van der Waals surface area (Å²) in [7, 11) is 3.86. The van der Waals surface area contributed by atoms with Gasteiger partial charge in [0.15, 0.2) is 0 Å². The maximum atomic E-state index is 12.3. The topological polar surface area (TPSA) is 69.6 Å². The van der Waals surface area contributed by atoms with Gasteiger partial charge in [-0.15, -0.1) is 0 Å². The first-order chi connectivity index (χ1) is 10.7. The van der Waals surface area contributed by atoms with Crippen molar-refractivity contribution >= 4 is 23.5 Å². The highest BCUT2D eigenvalue weighted by Crippen LogP contribution is 2.58. The normalized spacial score (nSPS) is 23.4. The van der Waals surface area contributed by atoms with E-state index in [2.05, 4.69) is 5.32 Å². The minimum Gasteiger partial charge on any atom is -0.481 e. The van der Waals surface area contributed by atoms with Crippen LogP contribution in [0.1, 0.15) is 25.5 Å². The van der Waals surface area contributed by atoms with Gasteiger partial charge < -0.3 is 15.3 Å². The summed E-state index contributed by atoms with van der Waals surface area (Å²) in [6, 6.07) is 7.49. The van der Waals surface area contributed by atoms with Crippen LogP contribution in [0.15, 0.2) is 24.3 Å². The minimum atomic E-state index is -0.908. The number of rotatable bonds is 6. The Morgan fingerprint density at radius 2 is 2.00 bits per heavy atom. The molecular formula is C17H23ClN2O3. The average Bonchev–Trinajstić information content (AvgIpc) is 3.01. The first-order valence-electron chi connectivity index (χ1n) is 7.58. The number of carboxylic acid groups (broad SMARTS) is 1. The first-order valence-corrected chi connectivity index (χ1v) is 7.96. The molecule has 0 heterocycles. The van der Waals surface area contributed by atoms with Gasteiger partial charge in [0.25, 0.3) is 0 Å². The number of aliphatic carboxylic acids is 1. The molecule has 1 aromatic rings. The molecule has 0 unspecified atom stereocenters. The van der Waals surface area contributed by atoms with Crippen LogP contribution < -0.4 is 5.32 Å². The SMILES string of the molecule is CN(C)[C@@H](CNC(=O)[C@H]1[C@@H](C(=O)O)C1(C)C)c1cccc(Cl)c1. The lowest BCUT2D eigenvalue weighted by molar-refractivity contribution is -0.140. The fourth-order valence-corrected chi connectivity index (χ4v) is 3.41. The van der Waals surface area contributed by atoms with E-state index in [0.717, 1.165) is 5.56 Å². The number of carbonyl (C=O) groups excluding carboxylic acids is 1. The van der Waals surface area contributed by atoms with Gasteiger partial charge in [-0.3, -0.25) is 9.59 Å². The quantitative estimate of drug-likeness (QED) is 0.835. The van der Waals surface area contributed by atoms with Crippen LogP contribution in [0.2, 0.25) is 5.02 Å². The second-order valence-corrected chi connectivity index (χ2v) is 7.33. The maximum absolute atomic E-state index is 12.3. The molecule has 1 amide bonds. The van der Waals surface area contributed by atoms with Gasteiger partial charge in [0.2, 0.25) is 5.91 Å². The van der Waals surface area contributed by atoms with E-state index < -0.39 is 23.2 Å². The first kappa shape index (κ1) is 17.8. The van der Waals surface area contributed by atoms with E-state index in [1.807, 2.05) is 51.0 Å². The zero-order chi connectivity index (χ0) is 17.4. The molecular weight excluding hydrogens is 316 g/mol. The summed E-state index contributed by atoms with van der Waals surface area (Å²) in [6.45, 7) is 4.04. The third kappa shape index (κ3) is 3.67. The molecule has 0 spiro atoms. The van der Waals surface area contributed by atoms with Crippen molar-refractivity contribution in [2.75, 3.05) is 20.6 Å². The molecule has 1 aliphatic rings. The van der Waals surface area contributed by atoms with Gasteiger partial charge in [-0.25, -0.2) is 0 Å². The predicted octanol–water partition coefficient (Wildman–Crippen LogP) is 2.42. The van der Waals surface area contributed by atoms with Gasteiger partial charge in [-0.1, -0.05) is 37.6 Å². The molecule has 0 radical (unpaired) electrons. The molecule has 1 fully saturated rings. The van der Waals surface area contributed by atoms with Crippen LogP contribution in [0.4, 0.5) is 0 Å². The zero-order valence-corrected chi connectivity index (χ0v) is 14.6. The molecule has 6 heteroatoms. The van der Waals surface area contributed by atoms with E-state index in [4.69, 9.17) is 11.6 Å². The number of hydrogen-bond acceptors (Lipinski definition) is 3. The predicted molar refractivity (Wildman–Crippen MR) is 89.3 cm³/mol. The van der Waals surface area contributed by atoms with Crippen LogP contribution in [-0.4, -0.2) is 42.5 Å². The van der Waals surface area contributed by atoms with Gasteiger partial charge in [-0.05, 0) is 37.2 Å². The smallest absolute Gasteiger partial charge is 0.307 e. The number of halogens is 1. The molecule has 0 bridgehead atoms. The summed E-state index contributed by atoms with van der Waals surface area (Å²) in [5.74, 6) is -2.18. The van der Waals surface area contributed by atoms with Crippen LogP contribution in [0.5, 0.6) is 0 Å². The highest BCUT2D eigenvalue weighted by atomic mass is 35.5. The highest BCUT2D eigenvalue weighted by molar-refractivity contribution is 6.30. The Bertz CT molecular complexity index is 616. The average molecular weight is 339 g/mol. The fourth-order valence-electron chi connectivity index (χ4n) is 3.21. The third-order valence-corrected chi connectivity index (χ3v) is 4.94. The molecule has 1 aromatic carbocycles. The van der Waals surface area contributed by atoms with Gasteiger partial charge in [0.1, 0.15) is 0 Å². The van der Waals surface area contributed by atoms with Gasteiger partial charge in [0, 0.05) is 11.6 Å². The van der Waals surface area contributed by atoms with Crippen LogP contribution in [-0.2, 0) is 9.59 Å². The Hall–Kier alpha value is -1.59. The van der Waals surface area contributed by atoms with Gasteiger partial charge >= 0.3 is 5.97 Å². The second kappa shape index (κ2) is 6.49. The summed E-state index contributed by atoms with van der Waals surface area (Å²) in [4.78, 5) is 25.5. The molecule has 1 aliphatic carbocycles. The number of nitrogens with one attached hydrogen (secondary N) is 1. The Morgan fingerprint density at radius 1 is 1.35 bits per heavy atom. The molecule has 5 nitrogen and oxygen atoms in total. The van der Waals surface area contributed by atoms with Gasteiger partial charge in [-0.2, -0.15) is 0 Å². The summed E-state index contributed by atoms with van der Waals surface area (Å²) in [5, 5.41) is 12.7. The van der Waals surface area contributed by atoms with Crippen molar-refractivity contribution in [1.82, 2.24) is 10.2 Å². The van der Waals surface area contributed by atoms with E-state index in [9.17, 15) is 14.7 Å². The summed E-state index contributed by atoms with van der Waals surface area (Å²) in [5.41, 5.74) is 0.521. The van der Waals surface area contributed by atoms with Crippen molar-refractivity contribution in [2.24, 2.45) is 17.3 Å². The molecule has 2 N–H and O–H groups in total. The molecule has 23 heavy (non-hydrogen) atoms. The van der Waals surface area contributed by atoms with Crippen molar-refractivity contribution in [1.29, 1.82) is 0 Å². The second-order valence-electron chi connectivity index (χ2n) is 6.89. The van der Waals surface area contributed by atoms with Crippen LogP contribution in [0.25, 0.3) is 0 Å². The van der Waals surface area contributed by atoms with Crippen molar-refractivity contribution in [3.63, 3.8) is 0 Å². The Labute approximate surface area is 141 Å². The zero-order valence-electron chi connectivity index (χ0n) is 13.8. The number of hydrogen-bond donors (Lipinski definition) is 2. The van der Waals surface area contributed by atoms with E-state index in [1.165, 1.54) is 0 Å². The maximum Gasteiger partial charge on any atom is 0.307 e. The number of benzene rings is 1. The van der Waals surface area contributed by atoms with Crippen LogP contribution in [0.3, 0.4) is 0 Å². The van der Waals surface area contributed by atoms with E-state index in [0.29, 0.717) is 11.6 Å². The standard InChI is InChI=1S/C17H23ClN2O3/c1-17(2)13(14(17)16(22)23)15(21)19-9-12(20(3)4)10-6-5-7-11(18)8-10/h5-8,12-14H,9H2,1-4H3,(H,19,21)(H,22,23)/t12-,13+,14-/m0/s1. The lowest BCUT2D eigenvalue weighted by Crippen LogP contribution is -2.36. The molecule has 1 saturated carbocycles. The summed E-state index contributed by atoms with van der Waals surface area (Å²) < 4.78 is 0. The molecule has 3 atom stereocenters. The van der Waals surface area contributed by atoms with Crippen molar-refractivity contribution in [3.8, 4) is 0 Å². The summed E-state index contributed by atoms with van der Waals surface area (Å²) >= 11 is 6.04. The van der Waals surface area contributed by atoms with Crippen LogP contribution >= 0.6 is 11.6 Å². The lowest BCUT2D eigenvalue weighted by Gasteiger charge is -2.25. The molecule has 126 valence electrons. The molecule has 0 saturated heterocycles. The van der Waals surface area contributed by atoms with E-state index in [1.54, 1.807) is 6.07 Å². The number of nitrogens with zero attached hydrogens (tertiary/aromatic N) is 1.